The van der Waals surface area contributed by atoms with Crippen LogP contribution in [0.15, 0.2) is 35.3 Å². The van der Waals surface area contributed by atoms with Crippen molar-refractivity contribution < 1.29 is 9.53 Å². The van der Waals surface area contributed by atoms with Gasteiger partial charge in [0.05, 0.1) is 13.2 Å². The number of aliphatic imine (C=N–C) groups is 1. The second-order valence-electron chi connectivity index (χ2n) is 8.89. The van der Waals surface area contributed by atoms with E-state index in [0.717, 1.165) is 84.2 Å². The summed E-state index contributed by atoms with van der Waals surface area (Å²) in [5, 5.41) is 7.05. The quantitative estimate of drug-likeness (QED) is 0.203. The Bertz CT molecular complexity index is 712. The Kier molecular flexibility index (Phi) is 13.0. The third-order valence-electron chi connectivity index (χ3n) is 6.01. The molecule has 2 saturated heterocycles. The first-order chi connectivity index (χ1) is 15.6. The monoisotopic (exact) mass is 572 g/mol. The number of guanidine groups is 1. The fourth-order valence-electron chi connectivity index (χ4n) is 4.13. The van der Waals surface area contributed by atoms with Gasteiger partial charge in [0.15, 0.2) is 5.96 Å². The molecule has 3 rings (SSSR count). The fraction of sp³-hybridized carbons (Fsp3) is 0.667. The molecule has 9 heteroatoms. The number of halogens is 1. The molecular formula is C24H41IN6O2. The van der Waals surface area contributed by atoms with Gasteiger partial charge in [0.2, 0.25) is 5.91 Å². The van der Waals surface area contributed by atoms with E-state index in [4.69, 9.17) is 4.74 Å². The van der Waals surface area contributed by atoms with Crippen LogP contribution in [0.2, 0.25) is 0 Å². The molecule has 2 fully saturated rings. The lowest BCUT2D eigenvalue weighted by Gasteiger charge is -2.34. The third kappa shape index (κ3) is 10.6. The molecule has 2 heterocycles. The molecule has 8 nitrogen and oxygen atoms in total. The van der Waals surface area contributed by atoms with E-state index in [0.29, 0.717) is 6.04 Å². The molecule has 1 atom stereocenters. The summed E-state index contributed by atoms with van der Waals surface area (Å²) in [6.45, 7) is 8.78. The lowest BCUT2D eigenvalue weighted by molar-refractivity contribution is -0.127. The van der Waals surface area contributed by atoms with Crippen molar-refractivity contribution >= 4 is 35.8 Å². The number of amides is 1. The first-order valence-corrected chi connectivity index (χ1v) is 11.9. The Labute approximate surface area is 216 Å². The molecule has 2 N–H and O–H groups in total. The summed E-state index contributed by atoms with van der Waals surface area (Å²) in [4.78, 5) is 23.2. The molecule has 0 aliphatic carbocycles. The Morgan fingerprint density at radius 3 is 2.64 bits per heavy atom. The van der Waals surface area contributed by atoms with Gasteiger partial charge in [-0.15, -0.1) is 24.0 Å². The Morgan fingerprint density at radius 2 is 1.91 bits per heavy atom. The van der Waals surface area contributed by atoms with Gasteiger partial charge in [-0.3, -0.25) is 14.6 Å². The van der Waals surface area contributed by atoms with Crippen molar-refractivity contribution in [3.05, 3.63) is 35.9 Å². The van der Waals surface area contributed by atoms with E-state index in [1.54, 1.807) is 19.0 Å². The maximum atomic E-state index is 12.1. The van der Waals surface area contributed by atoms with Crippen molar-refractivity contribution in [2.75, 3.05) is 73.1 Å². The summed E-state index contributed by atoms with van der Waals surface area (Å²) in [6, 6.07) is 11.0. The molecule has 1 amide bonds. The molecule has 0 radical (unpaired) electrons. The molecular weight excluding hydrogens is 531 g/mol. The number of hydrogen-bond donors (Lipinski definition) is 2. The number of morpholine rings is 1. The lowest BCUT2D eigenvalue weighted by Crippen LogP contribution is -2.51. The largest absolute Gasteiger partial charge is 0.379 e. The van der Waals surface area contributed by atoms with Crippen LogP contribution in [0.4, 0.5) is 0 Å². The number of hydrogen-bond acceptors (Lipinski definition) is 5. The topological polar surface area (TPSA) is 72.4 Å². The number of carbonyl (C=O) groups excluding carboxylic acids is 1. The molecule has 1 aromatic carbocycles. The van der Waals surface area contributed by atoms with Crippen LogP contribution in [0.25, 0.3) is 0 Å². The molecule has 0 bridgehead atoms. The van der Waals surface area contributed by atoms with E-state index in [9.17, 15) is 4.79 Å². The van der Waals surface area contributed by atoms with Crippen molar-refractivity contribution in [3.8, 4) is 0 Å². The summed E-state index contributed by atoms with van der Waals surface area (Å²) in [5.74, 6) is 0.752. The maximum absolute atomic E-state index is 12.1. The number of likely N-dealkylation sites (tertiary alicyclic amines) is 1. The van der Waals surface area contributed by atoms with E-state index in [1.165, 1.54) is 5.56 Å². The number of carbonyl (C=O) groups is 1. The first kappa shape index (κ1) is 27.8. The van der Waals surface area contributed by atoms with E-state index >= 15 is 0 Å². The highest BCUT2D eigenvalue weighted by Gasteiger charge is 2.21. The zero-order chi connectivity index (χ0) is 22.6. The zero-order valence-electron chi connectivity index (χ0n) is 20.2. The standard InChI is InChI=1S/C24H40N6O2.HI/c1-28(2)23(31)18-26-24(25-11-7-13-29-14-16-32-17-15-29)27-22-10-6-12-30(20-22)19-21-8-4-3-5-9-21;/h3-5,8-9,22H,6-7,10-20H2,1-2H3,(H2,25,26,27);1H. The van der Waals surface area contributed by atoms with Crippen LogP contribution in [-0.2, 0) is 16.1 Å². The minimum absolute atomic E-state index is 0. The Balaban J connectivity index is 0.00000385. The molecule has 2 aliphatic heterocycles. The summed E-state index contributed by atoms with van der Waals surface area (Å²) >= 11 is 0. The molecule has 1 aromatic rings. The average Bonchev–Trinajstić information content (AvgIpc) is 2.81. The van der Waals surface area contributed by atoms with Crippen LogP contribution < -0.4 is 10.6 Å². The molecule has 2 aliphatic rings. The number of rotatable bonds is 9. The van der Waals surface area contributed by atoms with Crippen molar-refractivity contribution in [2.24, 2.45) is 4.99 Å². The predicted octanol–water partition coefficient (Wildman–Crippen LogP) is 1.61. The van der Waals surface area contributed by atoms with Gasteiger partial charge in [-0.1, -0.05) is 30.3 Å². The summed E-state index contributed by atoms with van der Waals surface area (Å²) in [5.41, 5.74) is 1.35. The average molecular weight is 573 g/mol. The number of piperidine rings is 1. The van der Waals surface area contributed by atoms with Gasteiger partial charge in [0.25, 0.3) is 0 Å². The summed E-state index contributed by atoms with van der Waals surface area (Å²) < 4.78 is 5.42. The van der Waals surface area contributed by atoms with Gasteiger partial charge in [-0.25, -0.2) is 4.99 Å². The Morgan fingerprint density at radius 1 is 1.15 bits per heavy atom. The van der Waals surface area contributed by atoms with Gasteiger partial charge >= 0.3 is 0 Å². The molecule has 33 heavy (non-hydrogen) atoms. The van der Waals surface area contributed by atoms with Crippen LogP contribution in [0.1, 0.15) is 24.8 Å². The van der Waals surface area contributed by atoms with E-state index in [1.807, 2.05) is 0 Å². The summed E-state index contributed by atoms with van der Waals surface area (Å²) in [6.07, 6.45) is 3.31. The Hall–Kier alpha value is -1.43. The highest BCUT2D eigenvalue weighted by Crippen LogP contribution is 2.13. The number of benzene rings is 1. The smallest absolute Gasteiger partial charge is 0.243 e. The van der Waals surface area contributed by atoms with Gasteiger partial charge in [0.1, 0.15) is 6.54 Å². The molecule has 1 unspecified atom stereocenters. The minimum Gasteiger partial charge on any atom is -0.379 e. The molecule has 0 saturated carbocycles. The zero-order valence-corrected chi connectivity index (χ0v) is 22.5. The van der Waals surface area contributed by atoms with Crippen LogP contribution in [0, 0.1) is 0 Å². The second kappa shape index (κ2) is 15.5. The van der Waals surface area contributed by atoms with Crippen LogP contribution in [0.5, 0.6) is 0 Å². The molecule has 0 spiro atoms. The molecule has 0 aromatic heterocycles. The van der Waals surface area contributed by atoms with Crippen molar-refractivity contribution in [2.45, 2.75) is 31.8 Å². The normalized spacial score (nSPS) is 20.1. The summed E-state index contributed by atoms with van der Waals surface area (Å²) in [7, 11) is 3.53. The van der Waals surface area contributed by atoms with Gasteiger partial charge < -0.3 is 20.3 Å². The highest BCUT2D eigenvalue weighted by atomic mass is 127. The SMILES string of the molecule is CN(C)C(=O)CN=C(NCCCN1CCOCC1)NC1CCCN(Cc2ccccc2)C1.I. The van der Waals surface area contributed by atoms with Crippen molar-refractivity contribution in [3.63, 3.8) is 0 Å². The van der Waals surface area contributed by atoms with Gasteiger partial charge in [0, 0.05) is 52.9 Å². The fourth-order valence-corrected chi connectivity index (χ4v) is 4.13. The lowest BCUT2D eigenvalue weighted by atomic mass is 10.0. The minimum atomic E-state index is 0. The molecule has 186 valence electrons. The van der Waals surface area contributed by atoms with Gasteiger partial charge in [-0.2, -0.15) is 0 Å². The number of nitrogens with one attached hydrogen (secondary N) is 2. The highest BCUT2D eigenvalue weighted by molar-refractivity contribution is 14.0. The van der Waals surface area contributed by atoms with E-state index < -0.39 is 0 Å². The maximum Gasteiger partial charge on any atom is 0.243 e. The number of ether oxygens (including phenoxy) is 1. The van der Waals surface area contributed by atoms with Crippen molar-refractivity contribution in [1.82, 2.24) is 25.3 Å². The number of nitrogens with zero attached hydrogens (tertiary/aromatic N) is 4. The van der Waals surface area contributed by atoms with Crippen LogP contribution in [0.3, 0.4) is 0 Å². The third-order valence-corrected chi connectivity index (χ3v) is 6.01. The number of likely N-dealkylation sites (N-methyl/N-ethyl adjacent to an activating group) is 1. The van der Waals surface area contributed by atoms with Crippen LogP contribution in [-0.4, -0.2) is 106 Å². The van der Waals surface area contributed by atoms with Gasteiger partial charge in [-0.05, 0) is 37.9 Å². The van der Waals surface area contributed by atoms with Crippen molar-refractivity contribution in [1.29, 1.82) is 0 Å². The first-order valence-electron chi connectivity index (χ1n) is 11.9. The predicted molar refractivity (Wildman–Crippen MR) is 144 cm³/mol. The van der Waals surface area contributed by atoms with E-state index in [2.05, 4.69) is 55.8 Å². The second-order valence-corrected chi connectivity index (χ2v) is 8.89. The van der Waals surface area contributed by atoms with E-state index in [-0.39, 0.29) is 36.4 Å². The van der Waals surface area contributed by atoms with Crippen LogP contribution >= 0.6 is 24.0 Å².